The Bertz CT molecular complexity index is 2060. The minimum atomic E-state index is -0.709. The quantitative estimate of drug-likeness (QED) is 0.103. The van der Waals surface area contributed by atoms with E-state index >= 15 is 0 Å². The van der Waals surface area contributed by atoms with Crippen molar-refractivity contribution in [1.29, 1.82) is 0 Å². The number of nitrogens with zero attached hydrogens (tertiary/aromatic N) is 2. The monoisotopic (exact) mass is 750 g/mol. The molecule has 1 atom stereocenters. The summed E-state index contributed by atoms with van der Waals surface area (Å²) in [5, 5.41) is 8.61. The van der Waals surface area contributed by atoms with E-state index in [0.29, 0.717) is 24.4 Å². The summed E-state index contributed by atoms with van der Waals surface area (Å²) < 4.78 is 17.7. The number of carbonyl (C=O) groups excluding carboxylic acids is 4. The molecule has 2 N–H and O–H groups in total. The summed E-state index contributed by atoms with van der Waals surface area (Å²) >= 11 is 1.62. The van der Waals surface area contributed by atoms with Crippen LogP contribution in [0.25, 0.3) is 21.2 Å². The normalized spacial score (nSPS) is 11.7. The number of hydrogen-bond donors (Lipinski definition) is 2. The zero-order valence-corrected chi connectivity index (χ0v) is 32.0. The van der Waals surface area contributed by atoms with Gasteiger partial charge < -0.3 is 24.8 Å². The number of benzene rings is 3. The number of nitrogens with one attached hydrogen (secondary N) is 2. The molecule has 54 heavy (non-hydrogen) atoms. The van der Waals surface area contributed by atoms with Gasteiger partial charge in [-0.05, 0) is 97.6 Å². The van der Waals surface area contributed by atoms with E-state index in [9.17, 15) is 19.2 Å². The lowest BCUT2D eigenvalue weighted by Gasteiger charge is -2.27. The largest absolute Gasteiger partial charge is 0.487 e. The summed E-state index contributed by atoms with van der Waals surface area (Å²) in [5.74, 6) is -0.0736. The van der Waals surface area contributed by atoms with Crippen LogP contribution in [0.1, 0.15) is 62.8 Å². The van der Waals surface area contributed by atoms with Crippen molar-refractivity contribution < 1.29 is 33.4 Å². The Morgan fingerprint density at radius 1 is 0.926 bits per heavy atom. The van der Waals surface area contributed by atoms with Crippen molar-refractivity contribution in [3.63, 3.8) is 0 Å². The average Bonchev–Trinajstić information content (AvgIpc) is 3.65. The van der Waals surface area contributed by atoms with Gasteiger partial charge in [0.2, 0.25) is 11.8 Å². The average molecular weight is 751 g/mol. The molecule has 0 aliphatic rings. The van der Waals surface area contributed by atoms with Gasteiger partial charge in [-0.2, -0.15) is 0 Å². The third kappa shape index (κ3) is 11.1. The van der Waals surface area contributed by atoms with Gasteiger partial charge in [0.15, 0.2) is 0 Å². The number of pyridine rings is 1. The number of hydrogen-bond acceptors (Lipinski definition) is 9. The molecule has 0 spiro atoms. The Morgan fingerprint density at radius 3 is 2.39 bits per heavy atom. The molecule has 5 aromatic rings. The molecule has 3 aromatic carbocycles. The topological polar surface area (TPSA) is 136 Å². The summed E-state index contributed by atoms with van der Waals surface area (Å²) in [7, 11) is 1.29. The SMILES string of the molecule is COC(=O)C[C@H](NC(=O)CNC(=O)CCCN(C(=O)OC(C)(C)C)c1cc(C)ccn1)c1ccc(-c2ccc(OCc3ccccc3)c3sccc23)cc1. The molecule has 3 amide bonds. The van der Waals surface area contributed by atoms with Gasteiger partial charge in [-0.1, -0.05) is 54.6 Å². The Labute approximate surface area is 319 Å². The summed E-state index contributed by atoms with van der Waals surface area (Å²) in [6, 6.07) is 26.7. The Hall–Kier alpha value is -5.75. The number of rotatable bonds is 15. The second-order valence-corrected chi connectivity index (χ2v) is 14.7. The van der Waals surface area contributed by atoms with Gasteiger partial charge in [0, 0.05) is 24.5 Å². The number of esters is 1. The summed E-state index contributed by atoms with van der Waals surface area (Å²) in [6.07, 6.45) is 1.32. The van der Waals surface area contributed by atoms with Gasteiger partial charge in [0.25, 0.3) is 0 Å². The Balaban J connectivity index is 1.18. The van der Waals surface area contributed by atoms with Crippen LogP contribution in [0.2, 0.25) is 0 Å². The van der Waals surface area contributed by atoms with Crippen LogP contribution in [-0.4, -0.2) is 54.7 Å². The first-order valence-electron chi connectivity index (χ1n) is 17.7. The number of anilines is 1. The molecule has 12 heteroatoms. The lowest BCUT2D eigenvalue weighted by molar-refractivity contribution is -0.141. The lowest BCUT2D eigenvalue weighted by Crippen LogP contribution is -2.40. The summed E-state index contributed by atoms with van der Waals surface area (Å²) in [6.45, 7) is 7.60. The molecule has 0 radical (unpaired) electrons. The second-order valence-electron chi connectivity index (χ2n) is 13.8. The minimum Gasteiger partial charge on any atom is -0.487 e. The molecule has 0 aliphatic heterocycles. The van der Waals surface area contributed by atoms with Crippen LogP contribution in [-0.2, 0) is 30.5 Å². The van der Waals surface area contributed by atoms with Gasteiger partial charge in [-0.3, -0.25) is 19.3 Å². The van der Waals surface area contributed by atoms with Crippen LogP contribution in [0, 0.1) is 6.92 Å². The molecular formula is C42H46N4O7S. The molecule has 0 unspecified atom stereocenters. The first kappa shape index (κ1) is 39.5. The highest BCUT2D eigenvalue weighted by atomic mass is 32.1. The molecule has 0 bridgehead atoms. The van der Waals surface area contributed by atoms with Crippen molar-refractivity contribution in [2.75, 3.05) is 25.1 Å². The summed E-state index contributed by atoms with van der Waals surface area (Å²) in [5.41, 5.74) is 4.02. The molecule has 2 aromatic heterocycles. The molecule has 5 rings (SSSR count). The van der Waals surface area contributed by atoms with Crippen LogP contribution < -0.4 is 20.3 Å². The van der Waals surface area contributed by atoms with Gasteiger partial charge in [-0.15, -0.1) is 11.3 Å². The second kappa shape index (κ2) is 18.3. The van der Waals surface area contributed by atoms with Crippen LogP contribution in [0.15, 0.2) is 96.5 Å². The Morgan fingerprint density at radius 2 is 1.69 bits per heavy atom. The lowest BCUT2D eigenvalue weighted by atomic mass is 9.97. The highest BCUT2D eigenvalue weighted by Crippen LogP contribution is 2.38. The standard InChI is InChI=1S/C42H46N4O7S/c1-28-19-21-43-36(24-28)46(41(50)53-42(2,3)4)22-9-12-37(47)44-26-38(48)45-34(25-39(49)51-5)31-15-13-30(14-16-31)32-17-18-35(40-33(32)20-23-54-40)52-27-29-10-7-6-8-11-29/h6-8,10-11,13-21,23-24,34H,9,12,22,25-27H2,1-5H3,(H,44,47)(H,45,48)/t34-/m0/s1. The highest BCUT2D eigenvalue weighted by molar-refractivity contribution is 7.17. The zero-order chi connectivity index (χ0) is 38.7. The van der Waals surface area contributed by atoms with Crippen molar-refractivity contribution in [1.82, 2.24) is 15.6 Å². The van der Waals surface area contributed by atoms with Gasteiger partial charge in [0.1, 0.15) is 23.8 Å². The number of ether oxygens (including phenoxy) is 3. The third-order valence-corrected chi connectivity index (χ3v) is 9.33. The molecule has 282 valence electrons. The number of methoxy groups -OCH3 is 1. The van der Waals surface area contributed by atoms with E-state index in [2.05, 4.69) is 21.7 Å². The van der Waals surface area contributed by atoms with Crippen molar-refractivity contribution in [3.8, 4) is 16.9 Å². The van der Waals surface area contributed by atoms with Crippen molar-refractivity contribution >= 4 is 51.1 Å². The third-order valence-electron chi connectivity index (χ3n) is 8.40. The van der Waals surface area contributed by atoms with E-state index < -0.39 is 29.6 Å². The minimum absolute atomic E-state index is 0.0585. The molecule has 11 nitrogen and oxygen atoms in total. The molecule has 2 heterocycles. The van der Waals surface area contributed by atoms with Gasteiger partial charge in [-0.25, -0.2) is 9.78 Å². The maximum Gasteiger partial charge on any atom is 0.416 e. The Kier molecular flexibility index (Phi) is 13.4. The van der Waals surface area contributed by atoms with E-state index in [1.54, 1.807) is 44.4 Å². The molecular weight excluding hydrogens is 705 g/mol. The fourth-order valence-corrected chi connectivity index (χ4v) is 6.62. The number of carbonyl (C=O) groups is 4. The van der Waals surface area contributed by atoms with Crippen molar-refractivity contribution in [2.45, 2.75) is 65.2 Å². The first-order chi connectivity index (χ1) is 25.9. The number of thiophene rings is 1. The number of aryl methyl sites for hydroxylation is 1. The van der Waals surface area contributed by atoms with E-state index in [1.807, 2.05) is 85.1 Å². The smallest absolute Gasteiger partial charge is 0.416 e. The van der Waals surface area contributed by atoms with Gasteiger partial charge >= 0.3 is 12.1 Å². The highest BCUT2D eigenvalue weighted by Gasteiger charge is 2.25. The fraction of sp³-hybridized carbons (Fsp3) is 0.310. The van der Waals surface area contributed by atoms with Crippen molar-refractivity contribution in [2.24, 2.45) is 0 Å². The predicted molar refractivity (Wildman–Crippen MR) is 210 cm³/mol. The number of aromatic nitrogens is 1. The van der Waals surface area contributed by atoms with E-state index in [-0.39, 0.29) is 31.8 Å². The number of amides is 3. The molecule has 0 saturated heterocycles. The molecule has 0 fully saturated rings. The predicted octanol–water partition coefficient (Wildman–Crippen LogP) is 7.91. The van der Waals surface area contributed by atoms with Crippen LogP contribution in [0.5, 0.6) is 5.75 Å². The van der Waals surface area contributed by atoms with Crippen LogP contribution >= 0.6 is 11.3 Å². The van der Waals surface area contributed by atoms with E-state index in [0.717, 1.165) is 38.1 Å². The zero-order valence-electron chi connectivity index (χ0n) is 31.2. The fourth-order valence-electron chi connectivity index (χ4n) is 5.73. The number of fused-ring (bicyclic) bond motifs is 1. The van der Waals surface area contributed by atoms with Gasteiger partial charge in [0.05, 0.1) is 30.8 Å². The van der Waals surface area contributed by atoms with Crippen LogP contribution in [0.3, 0.4) is 0 Å². The molecule has 0 saturated carbocycles. The van der Waals surface area contributed by atoms with E-state index in [4.69, 9.17) is 14.2 Å². The maximum atomic E-state index is 13.0. The first-order valence-corrected chi connectivity index (χ1v) is 18.6. The maximum absolute atomic E-state index is 13.0. The molecule has 0 aliphatic carbocycles. The van der Waals surface area contributed by atoms with Crippen molar-refractivity contribution in [3.05, 3.63) is 113 Å². The summed E-state index contributed by atoms with van der Waals surface area (Å²) in [4.78, 5) is 56.8. The van der Waals surface area contributed by atoms with Crippen LogP contribution in [0.4, 0.5) is 10.6 Å². The van der Waals surface area contributed by atoms with E-state index in [1.165, 1.54) is 12.0 Å².